The molecule has 1 aromatic heterocycles. The van der Waals surface area contributed by atoms with E-state index < -0.39 is 0 Å². The first-order valence-corrected chi connectivity index (χ1v) is 5.95. The maximum absolute atomic E-state index is 4.20. The lowest BCUT2D eigenvalue weighted by atomic mass is 9.92. The van der Waals surface area contributed by atoms with Gasteiger partial charge in [0.05, 0.1) is 7.05 Å². The van der Waals surface area contributed by atoms with Crippen molar-refractivity contribution in [2.75, 3.05) is 6.54 Å². The molecule has 0 aromatic carbocycles. The predicted molar refractivity (Wildman–Crippen MR) is 64.0 cm³/mol. The lowest BCUT2D eigenvalue weighted by Gasteiger charge is -2.20. The van der Waals surface area contributed by atoms with Crippen molar-refractivity contribution in [1.82, 2.24) is 25.5 Å². The first kappa shape index (κ1) is 13.1. The summed E-state index contributed by atoms with van der Waals surface area (Å²) in [7, 11) is 1.80. The molecule has 1 rings (SSSR count). The minimum Gasteiger partial charge on any atom is -0.314 e. The van der Waals surface area contributed by atoms with Gasteiger partial charge in [-0.2, -0.15) is 4.80 Å². The number of hydrogen-bond acceptors (Lipinski definition) is 4. The van der Waals surface area contributed by atoms with Crippen LogP contribution in [0.15, 0.2) is 0 Å². The van der Waals surface area contributed by atoms with Crippen LogP contribution in [-0.4, -0.2) is 32.8 Å². The zero-order valence-electron chi connectivity index (χ0n) is 10.9. The fourth-order valence-corrected chi connectivity index (χ4v) is 1.52. The molecule has 1 aromatic rings. The first-order chi connectivity index (χ1) is 7.49. The third-order valence-electron chi connectivity index (χ3n) is 2.87. The monoisotopic (exact) mass is 225 g/mol. The lowest BCUT2D eigenvalue weighted by molar-refractivity contribution is 0.349. The van der Waals surface area contributed by atoms with E-state index in [0.717, 1.165) is 18.8 Å². The Hall–Kier alpha value is -0.970. The van der Waals surface area contributed by atoms with Crippen LogP contribution < -0.4 is 5.32 Å². The molecule has 0 saturated heterocycles. The van der Waals surface area contributed by atoms with Gasteiger partial charge in [0.1, 0.15) is 0 Å². The molecule has 0 radical (unpaired) electrons. The molecule has 1 N–H and O–H groups in total. The van der Waals surface area contributed by atoms with Crippen LogP contribution in [0.5, 0.6) is 0 Å². The predicted octanol–water partition coefficient (Wildman–Crippen LogP) is 1.02. The quantitative estimate of drug-likeness (QED) is 0.785. The van der Waals surface area contributed by atoms with Gasteiger partial charge in [0.15, 0.2) is 5.82 Å². The summed E-state index contributed by atoms with van der Waals surface area (Å²) in [5, 5.41) is 15.5. The Bertz CT molecular complexity index is 307. The van der Waals surface area contributed by atoms with Crippen molar-refractivity contribution in [2.24, 2.45) is 18.9 Å². The maximum atomic E-state index is 4.20. The summed E-state index contributed by atoms with van der Waals surface area (Å²) in [6, 6.07) is 0.546. The highest BCUT2D eigenvalue weighted by atomic mass is 15.6. The van der Waals surface area contributed by atoms with Gasteiger partial charge < -0.3 is 5.32 Å². The molecule has 0 saturated carbocycles. The van der Waals surface area contributed by atoms with Gasteiger partial charge in [-0.1, -0.05) is 27.7 Å². The fourth-order valence-electron chi connectivity index (χ4n) is 1.52. The van der Waals surface area contributed by atoms with Gasteiger partial charge >= 0.3 is 0 Å². The van der Waals surface area contributed by atoms with Crippen LogP contribution in [0.3, 0.4) is 0 Å². The summed E-state index contributed by atoms with van der Waals surface area (Å²) >= 11 is 0. The van der Waals surface area contributed by atoms with Crippen LogP contribution in [0.1, 0.15) is 33.5 Å². The van der Waals surface area contributed by atoms with E-state index in [0.29, 0.717) is 17.9 Å². The van der Waals surface area contributed by atoms with E-state index in [1.54, 1.807) is 7.05 Å². The number of rotatable bonds is 6. The van der Waals surface area contributed by atoms with E-state index in [1.165, 1.54) is 4.80 Å². The van der Waals surface area contributed by atoms with Crippen molar-refractivity contribution >= 4 is 0 Å². The summed E-state index contributed by atoms with van der Waals surface area (Å²) in [5.74, 6) is 2.02. The normalized spacial score (nSPS) is 15.4. The molecule has 16 heavy (non-hydrogen) atoms. The van der Waals surface area contributed by atoms with Gasteiger partial charge in [0, 0.05) is 12.5 Å². The van der Waals surface area contributed by atoms with Gasteiger partial charge in [0.2, 0.25) is 0 Å². The molecule has 0 amide bonds. The molecule has 5 heteroatoms. The topological polar surface area (TPSA) is 55.6 Å². The lowest BCUT2D eigenvalue weighted by Crippen LogP contribution is -2.31. The van der Waals surface area contributed by atoms with Gasteiger partial charge in [-0.3, -0.25) is 0 Å². The highest BCUT2D eigenvalue weighted by Gasteiger charge is 2.15. The van der Waals surface area contributed by atoms with Gasteiger partial charge in [0.25, 0.3) is 0 Å². The first-order valence-electron chi connectivity index (χ1n) is 5.95. The minimum atomic E-state index is 0.546. The van der Waals surface area contributed by atoms with Crippen molar-refractivity contribution in [3.05, 3.63) is 5.82 Å². The molecule has 0 spiro atoms. The highest BCUT2D eigenvalue weighted by molar-refractivity contribution is 4.81. The van der Waals surface area contributed by atoms with Crippen molar-refractivity contribution in [2.45, 2.75) is 40.2 Å². The van der Waals surface area contributed by atoms with E-state index >= 15 is 0 Å². The van der Waals surface area contributed by atoms with Crippen LogP contribution in [0.25, 0.3) is 0 Å². The molecule has 0 aliphatic carbocycles. The molecule has 1 heterocycles. The molecule has 0 fully saturated rings. The van der Waals surface area contributed by atoms with E-state index in [4.69, 9.17) is 0 Å². The van der Waals surface area contributed by atoms with Crippen LogP contribution in [-0.2, 0) is 13.5 Å². The Morgan fingerprint density at radius 2 is 1.88 bits per heavy atom. The van der Waals surface area contributed by atoms with E-state index in [9.17, 15) is 0 Å². The van der Waals surface area contributed by atoms with Crippen LogP contribution >= 0.6 is 0 Å². The summed E-state index contributed by atoms with van der Waals surface area (Å²) in [4.78, 5) is 1.51. The number of aryl methyl sites for hydroxylation is 1. The number of nitrogens with one attached hydrogen (secondary N) is 1. The molecular weight excluding hydrogens is 202 g/mol. The molecule has 0 bridgehead atoms. The average Bonchev–Trinajstić information content (AvgIpc) is 2.60. The zero-order chi connectivity index (χ0) is 12.1. The summed E-state index contributed by atoms with van der Waals surface area (Å²) in [6.45, 7) is 9.88. The second-order valence-electron chi connectivity index (χ2n) is 4.92. The van der Waals surface area contributed by atoms with Crippen molar-refractivity contribution < 1.29 is 0 Å². The van der Waals surface area contributed by atoms with Crippen molar-refractivity contribution in [3.8, 4) is 0 Å². The minimum absolute atomic E-state index is 0.546. The van der Waals surface area contributed by atoms with E-state index in [-0.39, 0.29) is 0 Å². The maximum Gasteiger partial charge on any atom is 0.175 e. The number of nitrogens with zero attached hydrogens (tertiary/aromatic N) is 4. The Morgan fingerprint density at radius 1 is 1.19 bits per heavy atom. The van der Waals surface area contributed by atoms with E-state index in [2.05, 4.69) is 48.4 Å². The second kappa shape index (κ2) is 5.94. The van der Waals surface area contributed by atoms with E-state index in [1.807, 2.05) is 0 Å². The summed E-state index contributed by atoms with van der Waals surface area (Å²) in [5.41, 5.74) is 0. The van der Waals surface area contributed by atoms with Crippen LogP contribution in [0, 0.1) is 11.8 Å². The van der Waals surface area contributed by atoms with Crippen molar-refractivity contribution in [1.29, 1.82) is 0 Å². The fraction of sp³-hybridized carbons (Fsp3) is 0.909. The second-order valence-corrected chi connectivity index (χ2v) is 4.92. The number of aromatic nitrogens is 4. The number of hydrogen-bond donors (Lipinski definition) is 1. The van der Waals surface area contributed by atoms with Gasteiger partial charge in [-0.15, -0.1) is 10.2 Å². The Kier molecular flexibility index (Phi) is 4.86. The largest absolute Gasteiger partial charge is 0.314 e. The zero-order valence-corrected chi connectivity index (χ0v) is 10.9. The van der Waals surface area contributed by atoms with Gasteiger partial charge in [-0.25, -0.2) is 0 Å². The molecule has 2 unspecified atom stereocenters. The molecule has 0 aliphatic heterocycles. The Labute approximate surface area is 97.6 Å². The molecule has 5 nitrogen and oxygen atoms in total. The highest BCUT2D eigenvalue weighted by Crippen LogP contribution is 2.14. The Balaban J connectivity index is 2.36. The molecule has 2 atom stereocenters. The third kappa shape index (κ3) is 4.26. The summed E-state index contributed by atoms with van der Waals surface area (Å²) < 4.78 is 0. The smallest absolute Gasteiger partial charge is 0.175 e. The van der Waals surface area contributed by atoms with Crippen LogP contribution in [0.2, 0.25) is 0 Å². The van der Waals surface area contributed by atoms with Crippen LogP contribution in [0.4, 0.5) is 0 Å². The SMILES string of the molecule is CC(C)NCC(C)C(C)Cc1nnn(C)n1. The molecule has 92 valence electrons. The summed E-state index contributed by atoms with van der Waals surface area (Å²) in [6.07, 6.45) is 0.898. The van der Waals surface area contributed by atoms with Gasteiger partial charge in [-0.05, 0) is 23.6 Å². The molecular formula is C11H23N5. The average molecular weight is 225 g/mol. The third-order valence-corrected chi connectivity index (χ3v) is 2.87. The standard InChI is InChI=1S/C11H23N5/c1-8(2)12-7-10(4)9(3)6-11-13-15-16(5)14-11/h8-10,12H,6-7H2,1-5H3. The Morgan fingerprint density at radius 3 is 2.38 bits per heavy atom. The molecule has 0 aliphatic rings. The van der Waals surface area contributed by atoms with Crippen molar-refractivity contribution in [3.63, 3.8) is 0 Å². The number of tetrazole rings is 1.